The van der Waals surface area contributed by atoms with Crippen LogP contribution in [0.5, 0.6) is 0 Å². The number of anilines is 1. The number of hydrogen-bond acceptors (Lipinski definition) is 5. The summed E-state index contributed by atoms with van der Waals surface area (Å²) >= 11 is 0. The third-order valence-electron chi connectivity index (χ3n) is 3.71. The molecule has 6 nitrogen and oxygen atoms in total. The van der Waals surface area contributed by atoms with Crippen LogP contribution in [0.3, 0.4) is 0 Å². The number of sulfone groups is 1. The maximum atomic E-state index is 11.5. The highest BCUT2D eigenvalue weighted by molar-refractivity contribution is 7.91. The molecule has 1 aliphatic rings. The molecule has 1 saturated heterocycles. The van der Waals surface area contributed by atoms with Gasteiger partial charge in [-0.05, 0) is 18.9 Å². The predicted octanol–water partition coefficient (Wildman–Crippen LogP) is 1.28. The first-order valence-electron chi connectivity index (χ1n) is 6.49. The average molecular weight is 292 g/mol. The van der Waals surface area contributed by atoms with Crippen LogP contribution in [0.25, 0.3) is 11.3 Å². The molecule has 0 atom stereocenters. The fourth-order valence-corrected chi connectivity index (χ4v) is 4.05. The van der Waals surface area contributed by atoms with E-state index < -0.39 is 9.84 Å². The van der Waals surface area contributed by atoms with E-state index in [4.69, 9.17) is 5.73 Å². The van der Waals surface area contributed by atoms with Gasteiger partial charge in [0, 0.05) is 29.7 Å². The summed E-state index contributed by atoms with van der Waals surface area (Å²) in [5, 5.41) is 0. The molecule has 106 valence electrons. The second-order valence-electron chi connectivity index (χ2n) is 5.03. The van der Waals surface area contributed by atoms with Gasteiger partial charge in [0.05, 0.1) is 29.7 Å². The zero-order valence-electron chi connectivity index (χ0n) is 10.9. The molecular formula is C13H16N4O2S. The van der Waals surface area contributed by atoms with Gasteiger partial charge < -0.3 is 10.3 Å². The fourth-order valence-electron chi connectivity index (χ4n) is 2.58. The summed E-state index contributed by atoms with van der Waals surface area (Å²) < 4.78 is 25.1. The van der Waals surface area contributed by atoms with E-state index in [0.717, 1.165) is 11.3 Å². The van der Waals surface area contributed by atoms with Crippen LogP contribution in [-0.4, -0.2) is 34.5 Å². The van der Waals surface area contributed by atoms with Crippen LogP contribution < -0.4 is 5.73 Å². The molecule has 3 heterocycles. The molecule has 0 saturated carbocycles. The van der Waals surface area contributed by atoms with Crippen LogP contribution in [0.4, 0.5) is 5.69 Å². The Balaban J connectivity index is 1.94. The molecule has 20 heavy (non-hydrogen) atoms. The molecule has 3 rings (SSSR count). The fraction of sp³-hybridized carbons (Fsp3) is 0.385. The standard InChI is InChI=1S/C13H16N4O2S/c14-12-1-4-15-7-11(12)13-8-16-9-17(13)10-2-5-20(18,19)6-3-10/h1,4,7-10H,2-3,5-6H2,(H2,14,15). The van der Waals surface area contributed by atoms with E-state index >= 15 is 0 Å². The van der Waals surface area contributed by atoms with Crippen molar-refractivity contribution < 1.29 is 8.42 Å². The first-order chi connectivity index (χ1) is 9.57. The topological polar surface area (TPSA) is 90.9 Å². The number of aromatic nitrogens is 3. The van der Waals surface area contributed by atoms with Crippen molar-refractivity contribution in [2.75, 3.05) is 17.2 Å². The molecular weight excluding hydrogens is 276 g/mol. The number of pyridine rings is 1. The van der Waals surface area contributed by atoms with Gasteiger partial charge in [-0.15, -0.1) is 0 Å². The first kappa shape index (κ1) is 13.1. The molecule has 2 N–H and O–H groups in total. The van der Waals surface area contributed by atoms with E-state index in [1.165, 1.54) is 0 Å². The van der Waals surface area contributed by atoms with Gasteiger partial charge >= 0.3 is 0 Å². The number of nitrogens with zero attached hydrogens (tertiary/aromatic N) is 3. The molecule has 1 aliphatic heterocycles. The van der Waals surface area contributed by atoms with E-state index in [2.05, 4.69) is 9.97 Å². The molecule has 0 spiro atoms. The summed E-state index contributed by atoms with van der Waals surface area (Å²) in [6.45, 7) is 0. The van der Waals surface area contributed by atoms with Gasteiger partial charge in [0.15, 0.2) is 0 Å². The minimum Gasteiger partial charge on any atom is -0.398 e. The molecule has 2 aromatic rings. The Morgan fingerprint density at radius 1 is 1.20 bits per heavy atom. The van der Waals surface area contributed by atoms with Gasteiger partial charge in [0.1, 0.15) is 9.84 Å². The van der Waals surface area contributed by atoms with E-state index in [-0.39, 0.29) is 17.5 Å². The Kier molecular flexibility index (Phi) is 3.21. The molecule has 2 aromatic heterocycles. The quantitative estimate of drug-likeness (QED) is 0.900. The maximum Gasteiger partial charge on any atom is 0.150 e. The second kappa shape index (κ2) is 4.90. The van der Waals surface area contributed by atoms with Gasteiger partial charge in [0.2, 0.25) is 0 Å². The van der Waals surface area contributed by atoms with Crippen molar-refractivity contribution in [3.05, 3.63) is 31.0 Å². The monoisotopic (exact) mass is 292 g/mol. The summed E-state index contributed by atoms with van der Waals surface area (Å²) in [4.78, 5) is 8.28. The van der Waals surface area contributed by atoms with Crippen LogP contribution in [0.1, 0.15) is 18.9 Å². The number of nitrogens with two attached hydrogens (primary N) is 1. The lowest BCUT2D eigenvalue weighted by Crippen LogP contribution is -2.25. The highest BCUT2D eigenvalue weighted by atomic mass is 32.2. The Hall–Kier alpha value is -1.89. The van der Waals surface area contributed by atoms with Crippen molar-refractivity contribution in [2.45, 2.75) is 18.9 Å². The molecule has 0 radical (unpaired) electrons. The largest absolute Gasteiger partial charge is 0.398 e. The summed E-state index contributed by atoms with van der Waals surface area (Å²) in [6.07, 6.45) is 8.08. The molecule has 0 bridgehead atoms. The van der Waals surface area contributed by atoms with Gasteiger partial charge in [-0.1, -0.05) is 0 Å². The zero-order chi connectivity index (χ0) is 14.2. The lowest BCUT2D eigenvalue weighted by atomic mass is 10.1. The molecule has 0 unspecified atom stereocenters. The van der Waals surface area contributed by atoms with Crippen molar-refractivity contribution in [3.8, 4) is 11.3 Å². The Labute approximate surface area is 117 Å². The Morgan fingerprint density at radius 3 is 2.65 bits per heavy atom. The number of hydrogen-bond donors (Lipinski definition) is 1. The first-order valence-corrected chi connectivity index (χ1v) is 8.31. The number of nitrogen functional groups attached to an aromatic ring is 1. The van der Waals surface area contributed by atoms with Crippen LogP contribution in [0.2, 0.25) is 0 Å². The van der Waals surface area contributed by atoms with Crippen molar-refractivity contribution in [3.63, 3.8) is 0 Å². The zero-order valence-corrected chi connectivity index (χ0v) is 11.8. The second-order valence-corrected chi connectivity index (χ2v) is 7.34. The third-order valence-corrected chi connectivity index (χ3v) is 5.43. The SMILES string of the molecule is Nc1ccncc1-c1cncn1C1CCS(=O)(=O)CC1. The number of rotatable bonds is 2. The van der Waals surface area contributed by atoms with Gasteiger partial charge in [-0.2, -0.15) is 0 Å². The highest BCUT2D eigenvalue weighted by Gasteiger charge is 2.26. The highest BCUT2D eigenvalue weighted by Crippen LogP contribution is 2.31. The summed E-state index contributed by atoms with van der Waals surface area (Å²) in [7, 11) is -2.86. The summed E-state index contributed by atoms with van der Waals surface area (Å²) in [6, 6.07) is 1.90. The molecule has 1 fully saturated rings. The molecule has 0 aromatic carbocycles. The van der Waals surface area contributed by atoms with Crippen molar-refractivity contribution in [2.24, 2.45) is 0 Å². The maximum absolute atomic E-state index is 11.5. The molecule has 0 aliphatic carbocycles. The van der Waals surface area contributed by atoms with Gasteiger partial charge in [-0.3, -0.25) is 4.98 Å². The summed E-state index contributed by atoms with van der Waals surface area (Å²) in [5.74, 6) is 0.468. The Morgan fingerprint density at radius 2 is 1.95 bits per heavy atom. The van der Waals surface area contributed by atoms with E-state index in [1.54, 1.807) is 31.0 Å². The predicted molar refractivity (Wildman–Crippen MR) is 76.8 cm³/mol. The van der Waals surface area contributed by atoms with E-state index in [9.17, 15) is 8.42 Å². The average Bonchev–Trinajstić information content (AvgIpc) is 2.88. The lowest BCUT2D eigenvalue weighted by molar-refractivity contribution is 0.453. The summed E-state index contributed by atoms with van der Waals surface area (Å²) in [5.41, 5.74) is 8.34. The third kappa shape index (κ3) is 2.40. The molecule has 0 amide bonds. The minimum absolute atomic E-state index is 0.149. The smallest absolute Gasteiger partial charge is 0.150 e. The van der Waals surface area contributed by atoms with Crippen LogP contribution in [-0.2, 0) is 9.84 Å². The van der Waals surface area contributed by atoms with Crippen LogP contribution >= 0.6 is 0 Å². The molecule has 7 heteroatoms. The normalized spacial score (nSPS) is 19.0. The van der Waals surface area contributed by atoms with Crippen molar-refractivity contribution in [1.29, 1.82) is 0 Å². The van der Waals surface area contributed by atoms with Crippen molar-refractivity contribution >= 4 is 15.5 Å². The van der Waals surface area contributed by atoms with E-state index in [0.29, 0.717) is 18.5 Å². The van der Waals surface area contributed by atoms with Gasteiger partial charge in [0.25, 0.3) is 0 Å². The van der Waals surface area contributed by atoms with Crippen LogP contribution in [0.15, 0.2) is 31.0 Å². The number of imidazole rings is 1. The van der Waals surface area contributed by atoms with Gasteiger partial charge in [-0.25, -0.2) is 13.4 Å². The van der Waals surface area contributed by atoms with E-state index in [1.807, 2.05) is 4.57 Å². The Bertz CT molecular complexity index is 709. The lowest BCUT2D eigenvalue weighted by Gasteiger charge is -2.25. The minimum atomic E-state index is -2.86. The van der Waals surface area contributed by atoms with Crippen molar-refractivity contribution in [1.82, 2.24) is 14.5 Å². The van der Waals surface area contributed by atoms with Crippen LogP contribution in [0, 0.1) is 0 Å².